The van der Waals surface area contributed by atoms with Crippen LogP contribution in [0.2, 0.25) is 0 Å². The van der Waals surface area contributed by atoms with Crippen LogP contribution in [0.5, 0.6) is 17.2 Å². The maximum Gasteiger partial charge on any atom is 0.222 e. The van der Waals surface area contributed by atoms with Gasteiger partial charge >= 0.3 is 0 Å². The molecule has 1 aliphatic rings. The van der Waals surface area contributed by atoms with Crippen molar-refractivity contribution in [1.29, 1.82) is 0 Å². The number of hydrogen-bond acceptors (Lipinski definition) is 4. The van der Waals surface area contributed by atoms with Crippen molar-refractivity contribution in [1.82, 2.24) is 4.90 Å². The van der Waals surface area contributed by atoms with Gasteiger partial charge < -0.3 is 19.8 Å². The van der Waals surface area contributed by atoms with E-state index in [9.17, 15) is 15.0 Å². The number of rotatable bonds is 15. The van der Waals surface area contributed by atoms with E-state index in [1.54, 1.807) is 24.3 Å². The molecule has 1 amide bonds. The van der Waals surface area contributed by atoms with Gasteiger partial charge in [0.25, 0.3) is 0 Å². The summed E-state index contributed by atoms with van der Waals surface area (Å²) in [5.74, 6) is 2.18. The molecule has 0 saturated carbocycles. The number of allylic oxidation sites excluding steroid dienone is 3. The van der Waals surface area contributed by atoms with Gasteiger partial charge in [0.15, 0.2) is 0 Å². The minimum atomic E-state index is 0.173. The van der Waals surface area contributed by atoms with Crippen LogP contribution < -0.4 is 4.74 Å². The Hall–Kier alpha value is -3.21. The van der Waals surface area contributed by atoms with Crippen molar-refractivity contribution in [2.45, 2.75) is 84.0 Å². The number of benzene rings is 2. The summed E-state index contributed by atoms with van der Waals surface area (Å²) in [5.41, 5.74) is 3.68. The van der Waals surface area contributed by atoms with E-state index < -0.39 is 0 Å². The SMILES string of the molecule is C=C1C(c2ccc(O)cc2)=C(CCCCCCCCCCC(=O)N(C)CCCC)Oc2cc(O)ccc21. The molecule has 0 fully saturated rings. The van der Waals surface area contributed by atoms with E-state index >= 15 is 0 Å². The number of phenolic OH excluding ortho intramolecular Hbond substituents is 2. The average Bonchev–Trinajstić information content (AvgIpc) is 2.88. The Balaban J connectivity index is 1.43. The Morgan fingerprint density at radius 2 is 1.49 bits per heavy atom. The largest absolute Gasteiger partial charge is 0.508 e. The number of amides is 1. The fourth-order valence-corrected chi connectivity index (χ4v) is 4.80. The molecular formula is C32H43NO4. The Bertz CT molecular complexity index is 1070. The van der Waals surface area contributed by atoms with Crippen molar-refractivity contribution < 1.29 is 19.7 Å². The van der Waals surface area contributed by atoms with Gasteiger partial charge in [-0.25, -0.2) is 0 Å². The van der Waals surface area contributed by atoms with Gasteiger partial charge in [-0.3, -0.25) is 4.79 Å². The van der Waals surface area contributed by atoms with Gasteiger partial charge in [0.1, 0.15) is 23.0 Å². The molecule has 0 atom stereocenters. The lowest BCUT2D eigenvalue weighted by atomic mass is 9.88. The topological polar surface area (TPSA) is 70.0 Å². The van der Waals surface area contributed by atoms with E-state index in [-0.39, 0.29) is 17.4 Å². The number of nitrogens with zero attached hydrogens (tertiary/aromatic N) is 1. The van der Waals surface area contributed by atoms with Crippen molar-refractivity contribution in [2.24, 2.45) is 0 Å². The monoisotopic (exact) mass is 505 g/mol. The Labute approximate surface area is 222 Å². The van der Waals surface area contributed by atoms with Crippen molar-refractivity contribution in [2.75, 3.05) is 13.6 Å². The molecule has 3 rings (SSSR count). The normalized spacial score (nSPS) is 12.9. The van der Waals surface area contributed by atoms with Gasteiger partial charge in [0.2, 0.25) is 5.91 Å². The van der Waals surface area contributed by atoms with Crippen molar-refractivity contribution >= 4 is 17.1 Å². The van der Waals surface area contributed by atoms with Crippen LogP contribution in [0.4, 0.5) is 0 Å². The summed E-state index contributed by atoms with van der Waals surface area (Å²) in [4.78, 5) is 14.0. The highest BCUT2D eigenvalue weighted by atomic mass is 16.5. The van der Waals surface area contributed by atoms with Crippen LogP contribution >= 0.6 is 0 Å². The standard InChI is InChI=1S/C32H43NO4/c1-4-5-22-33(3)31(36)15-13-11-9-7-6-8-10-12-14-29-32(25-16-18-26(34)19-17-25)24(2)28-21-20-27(35)23-30(28)37-29/h16-21,23,34-35H,2,4-15,22H2,1,3H3. The third-order valence-electron chi connectivity index (χ3n) is 7.08. The van der Waals surface area contributed by atoms with Gasteiger partial charge in [0.05, 0.1) is 0 Å². The van der Waals surface area contributed by atoms with Gasteiger partial charge in [-0.2, -0.15) is 0 Å². The highest BCUT2D eigenvalue weighted by molar-refractivity contribution is 6.07. The van der Waals surface area contributed by atoms with Crippen molar-refractivity contribution in [3.63, 3.8) is 0 Å². The second-order valence-corrected chi connectivity index (χ2v) is 10.1. The molecule has 0 aromatic heterocycles. The lowest BCUT2D eigenvalue weighted by molar-refractivity contribution is -0.130. The zero-order chi connectivity index (χ0) is 26.6. The average molecular weight is 506 g/mol. The van der Waals surface area contributed by atoms with Gasteiger partial charge in [-0.1, -0.05) is 70.6 Å². The summed E-state index contributed by atoms with van der Waals surface area (Å²) in [7, 11) is 1.92. The van der Waals surface area contributed by atoms with Crippen LogP contribution in [0.1, 0.15) is 95.1 Å². The molecule has 2 aromatic rings. The van der Waals surface area contributed by atoms with E-state index in [0.717, 1.165) is 79.5 Å². The van der Waals surface area contributed by atoms with E-state index in [1.165, 1.54) is 25.7 Å². The summed E-state index contributed by atoms with van der Waals surface area (Å²) in [6, 6.07) is 12.3. The van der Waals surface area contributed by atoms with Gasteiger partial charge in [-0.15, -0.1) is 0 Å². The predicted octanol–water partition coefficient (Wildman–Crippen LogP) is 8.07. The van der Waals surface area contributed by atoms with Crippen LogP contribution in [0, 0.1) is 0 Å². The maximum atomic E-state index is 12.1. The molecule has 5 nitrogen and oxygen atoms in total. The molecular weight excluding hydrogens is 462 g/mol. The number of hydrogen-bond donors (Lipinski definition) is 2. The Kier molecular flexibility index (Phi) is 11.1. The van der Waals surface area contributed by atoms with Gasteiger partial charge in [-0.05, 0) is 54.7 Å². The summed E-state index contributed by atoms with van der Waals surface area (Å²) in [6.45, 7) is 7.36. The maximum absolute atomic E-state index is 12.1. The summed E-state index contributed by atoms with van der Waals surface area (Å²) >= 11 is 0. The zero-order valence-corrected chi connectivity index (χ0v) is 22.6. The first-order valence-corrected chi connectivity index (χ1v) is 13.9. The second kappa shape index (κ2) is 14.5. The Morgan fingerprint density at radius 1 is 0.865 bits per heavy atom. The minimum absolute atomic E-state index is 0.173. The first-order valence-electron chi connectivity index (χ1n) is 13.9. The number of aromatic hydroxyl groups is 2. The molecule has 0 unspecified atom stereocenters. The van der Waals surface area contributed by atoms with E-state index in [0.29, 0.717) is 12.2 Å². The van der Waals surface area contributed by atoms with Gasteiger partial charge in [0, 0.05) is 43.6 Å². The number of ether oxygens (including phenoxy) is 1. The summed E-state index contributed by atoms with van der Waals surface area (Å²) in [5, 5.41) is 19.7. The Morgan fingerprint density at radius 3 is 2.16 bits per heavy atom. The van der Waals surface area contributed by atoms with E-state index in [1.807, 2.05) is 30.1 Å². The fourth-order valence-electron chi connectivity index (χ4n) is 4.80. The molecule has 2 N–H and O–H groups in total. The first-order chi connectivity index (χ1) is 17.9. The molecule has 2 aromatic carbocycles. The number of phenols is 2. The molecule has 0 spiro atoms. The lowest BCUT2D eigenvalue weighted by Gasteiger charge is -2.26. The second-order valence-electron chi connectivity index (χ2n) is 10.1. The van der Waals surface area contributed by atoms with Crippen LogP contribution in [0.15, 0.2) is 54.8 Å². The van der Waals surface area contributed by atoms with Crippen molar-refractivity contribution in [3.8, 4) is 17.2 Å². The molecule has 1 heterocycles. The van der Waals surface area contributed by atoms with E-state index in [2.05, 4.69) is 13.5 Å². The quantitative estimate of drug-likeness (QED) is 0.240. The molecule has 1 aliphatic heterocycles. The highest BCUT2D eigenvalue weighted by Crippen LogP contribution is 2.44. The lowest BCUT2D eigenvalue weighted by Crippen LogP contribution is -2.27. The van der Waals surface area contributed by atoms with Crippen LogP contribution in [0.3, 0.4) is 0 Å². The highest BCUT2D eigenvalue weighted by Gasteiger charge is 2.24. The molecule has 0 radical (unpaired) electrons. The van der Waals surface area contributed by atoms with Crippen LogP contribution in [-0.2, 0) is 4.79 Å². The first kappa shape index (κ1) is 28.4. The molecule has 37 heavy (non-hydrogen) atoms. The molecule has 0 saturated heterocycles. The fraction of sp³-hybridized carbons (Fsp3) is 0.469. The third kappa shape index (κ3) is 8.41. The third-order valence-corrected chi connectivity index (χ3v) is 7.08. The molecule has 5 heteroatoms. The van der Waals surface area contributed by atoms with Crippen LogP contribution in [0.25, 0.3) is 11.1 Å². The number of carbonyl (C=O) groups excluding carboxylic acids is 1. The van der Waals surface area contributed by atoms with E-state index in [4.69, 9.17) is 4.74 Å². The number of unbranched alkanes of at least 4 members (excludes halogenated alkanes) is 8. The molecule has 200 valence electrons. The number of fused-ring (bicyclic) bond motifs is 1. The summed E-state index contributed by atoms with van der Waals surface area (Å²) in [6.07, 6.45) is 12.7. The smallest absolute Gasteiger partial charge is 0.222 e. The van der Waals surface area contributed by atoms with Crippen LogP contribution in [-0.4, -0.2) is 34.6 Å². The zero-order valence-electron chi connectivity index (χ0n) is 22.6. The van der Waals surface area contributed by atoms with Crippen molar-refractivity contribution in [3.05, 3.63) is 65.9 Å². The minimum Gasteiger partial charge on any atom is -0.508 e. The molecule has 0 bridgehead atoms. The summed E-state index contributed by atoms with van der Waals surface area (Å²) < 4.78 is 6.28. The number of carbonyl (C=O) groups is 1. The molecule has 0 aliphatic carbocycles. The predicted molar refractivity (Wildman–Crippen MR) is 152 cm³/mol.